The third-order valence-electron chi connectivity index (χ3n) is 17.3. The van der Waals surface area contributed by atoms with E-state index in [1.54, 1.807) is 0 Å². The zero-order chi connectivity index (χ0) is 71.8. The van der Waals surface area contributed by atoms with Gasteiger partial charge in [0.2, 0.25) is 0 Å². The van der Waals surface area contributed by atoms with Crippen LogP contribution in [-0.2, 0) is 65.4 Å². The van der Waals surface area contributed by atoms with Crippen molar-refractivity contribution in [3.05, 3.63) is 48.6 Å². The third-order valence-corrected chi connectivity index (χ3v) is 19.2. The van der Waals surface area contributed by atoms with Crippen molar-refractivity contribution in [3.63, 3.8) is 0 Å². The van der Waals surface area contributed by atoms with E-state index in [0.29, 0.717) is 25.7 Å². The summed E-state index contributed by atoms with van der Waals surface area (Å²) in [6, 6.07) is 0. The Hall–Kier alpha value is -2.98. The van der Waals surface area contributed by atoms with Gasteiger partial charge in [-0.3, -0.25) is 37.3 Å². The van der Waals surface area contributed by atoms with Gasteiger partial charge in [-0.05, 0) is 83.5 Å². The molecular weight excluding hydrogens is 1280 g/mol. The number of phosphoric acid groups is 2. The van der Waals surface area contributed by atoms with Crippen LogP contribution in [0.2, 0.25) is 0 Å². The van der Waals surface area contributed by atoms with Crippen LogP contribution in [0.15, 0.2) is 48.6 Å². The maximum Gasteiger partial charge on any atom is 0.472 e. The summed E-state index contributed by atoms with van der Waals surface area (Å²) in [6.07, 6.45) is 69.4. The summed E-state index contributed by atoms with van der Waals surface area (Å²) in [7, 11) is -9.93. The van der Waals surface area contributed by atoms with E-state index in [1.807, 2.05) is 0 Å². The van der Waals surface area contributed by atoms with Crippen molar-refractivity contribution in [3.8, 4) is 0 Å². The molecule has 0 rings (SSSR count). The van der Waals surface area contributed by atoms with E-state index in [4.69, 9.17) is 37.0 Å². The molecule has 0 spiro atoms. The number of aliphatic hydroxyl groups excluding tert-OH is 1. The van der Waals surface area contributed by atoms with Gasteiger partial charge in [-0.2, -0.15) is 0 Å². The van der Waals surface area contributed by atoms with Gasteiger partial charge in [-0.25, -0.2) is 9.13 Å². The molecule has 0 aromatic carbocycles. The minimum Gasteiger partial charge on any atom is -0.462 e. The first-order valence-electron chi connectivity index (χ1n) is 39.9. The molecule has 0 aromatic rings. The van der Waals surface area contributed by atoms with Crippen molar-refractivity contribution in [2.24, 2.45) is 0 Å². The lowest BCUT2D eigenvalue weighted by atomic mass is 10.0. The average molecular weight is 1430 g/mol. The molecule has 0 amide bonds. The Morgan fingerprint density at radius 2 is 0.531 bits per heavy atom. The van der Waals surface area contributed by atoms with Crippen LogP contribution in [0.5, 0.6) is 0 Å². The van der Waals surface area contributed by atoms with Gasteiger partial charge >= 0.3 is 39.5 Å². The summed E-state index contributed by atoms with van der Waals surface area (Å²) in [5.74, 6) is -2.15. The van der Waals surface area contributed by atoms with E-state index >= 15 is 0 Å². The highest BCUT2D eigenvalue weighted by atomic mass is 31.2. The number of allylic oxidation sites excluding steroid dienone is 8. The maximum atomic E-state index is 13.1. The number of carbonyl (C=O) groups is 4. The highest BCUT2D eigenvalue weighted by Crippen LogP contribution is 2.45. The Bertz CT molecular complexity index is 2050. The second-order valence-electron chi connectivity index (χ2n) is 27.0. The normalized spacial score (nSPS) is 14.2. The number of hydrogen-bond donors (Lipinski definition) is 3. The van der Waals surface area contributed by atoms with Gasteiger partial charge in [0.15, 0.2) is 12.2 Å². The molecule has 98 heavy (non-hydrogen) atoms. The molecule has 0 aliphatic rings. The van der Waals surface area contributed by atoms with E-state index < -0.39 is 97.5 Å². The van der Waals surface area contributed by atoms with E-state index in [2.05, 4.69) is 76.3 Å². The molecule has 5 atom stereocenters. The number of carbonyl (C=O) groups excluding carboxylic acids is 4. The van der Waals surface area contributed by atoms with Crippen LogP contribution in [0, 0.1) is 0 Å². The van der Waals surface area contributed by atoms with Gasteiger partial charge in [-0.1, -0.05) is 314 Å². The van der Waals surface area contributed by atoms with Crippen molar-refractivity contribution in [2.75, 3.05) is 39.6 Å². The van der Waals surface area contributed by atoms with Crippen molar-refractivity contribution < 1.29 is 80.2 Å². The quantitative estimate of drug-likeness (QED) is 0.0169. The van der Waals surface area contributed by atoms with Crippen LogP contribution in [0.1, 0.15) is 374 Å². The summed E-state index contributed by atoms with van der Waals surface area (Å²) in [4.78, 5) is 72.9. The van der Waals surface area contributed by atoms with Crippen molar-refractivity contribution in [1.29, 1.82) is 0 Å². The molecule has 0 saturated carbocycles. The predicted octanol–water partition coefficient (Wildman–Crippen LogP) is 22.9. The predicted molar refractivity (Wildman–Crippen MR) is 400 cm³/mol. The number of rotatable bonds is 76. The molecule has 0 aliphatic heterocycles. The number of hydrogen-bond acceptors (Lipinski definition) is 15. The molecule has 17 nitrogen and oxygen atoms in total. The van der Waals surface area contributed by atoms with Crippen molar-refractivity contribution in [2.45, 2.75) is 393 Å². The second kappa shape index (κ2) is 72.4. The van der Waals surface area contributed by atoms with Gasteiger partial charge in [0.1, 0.15) is 19.3 Å². The fourth-order valence-electron chi connectivity index (χ4n) is 11.2. The molecule has 0 heterocycles. The fourth-order valence-corrected chi connectivity index (χ4v) is 12.8. The molecule has 574 valence electrons. The number of aliphatic hydroxyl groups is 1. The van der Waals surface area contributed by atoms with Gasteiger partial charge in [0.05, 0.1) is 26.4 Å². The smallest absolute Gasteiger partial charge is 0.462 e. The molecule has 0 aromatic heterocycles. The number of unbranched alkanes of at least 4 members (excludes halogenated alkanes) is 42. The summed E-state index contributed by atoms with van der Waals surface area (Å²) < 4.78 is 68.6. The first-order valence-corrected chi connectivity index (χ1v) is 42.9. The number of ether oxygens (including phenoxy) is 4. The van der Waals surface area contributed by atoms with Crippen LogP contribution in [0.3, 0.4) is 0 Å². The molecule has 0 radical (unpaired) electrons. The summed E-state index contributed by atoms with van der Waals surface area (Å²) in [5.41, 5.74) is 0. The molecule has 0 aliphatic carbocycles. The lowest BCUT2D eigenvalue weighted by Crippen LogP contribution is -2.30. The molecule has 0 bridgehead atoms. The van der Waals surface area contributed by atoms with Gasteiger partial charge in [-0.15, -0.1) is 0 Å². The van der Waals surface area contributed by atoms with Gasteiger partial charge in [0, 0.05) is 25.7 Å². The highest BCUT2D eigenvalue weighted by Gasteiger charge is 2.30. The zero-order valence-electron chi connectivity index (χ0n) is 62.7. The van der Waals surface area contributed by atoms with Crippen LogP contribution < -0.4 is 0 Å². The summed E-state index contributed by atoms with van der Waals surface area (Å²) >= 11 is 0. The molecular formula is C79H146O17P2. The summed E-state index contributed by atoms with van der Waals surface area (Å²) in [5, 5.41) is 10.6. The average Bonchev–Trinajstić information content (AvgIpc) is 1.05. The van der Waals surface area contributed by atoms with Crippen LogP contribution >= 0.6 is 15.6 Å². The van der Waals surface area contributed by atoms with Crippen LogP contribution in [0.25, 0.3) is 0 Å². The SMILES string of the molecule is CC/C=C\C/C=C\C/C=C\CCCCCCCCCC(=O)OCC(COP(=O)(O)OCC(O)COP(=O)(O)OCC(COC(=O)CCCCCCC/C=C\CCCCCC)OC(=O)CCCCCCCCCCCCCCC)OC(=O)CCCCCCCCCCCCCCCCC. The van der Waals surface area contributed by atoms with Gasteiger partial charge in [0.25, 0.3) is 0 Å². The first-order chi connectivity index (χ1) is 47.7. The highest BCUT2D eigenvalue weighted by molar-refractivity contribution is 7.47. The molecule has 19 heteroatoms. The molecule has 0 fully saturated rings. The Balaban J connectivity index is 5.30. The van der Waals surface area contributed by atoms with Crippen molar-refractivity contribution in [1.82, 2.24) is 0 Å². The Morgan fingerprint density at radius 1 is 0.296 bits per heavy atom. The molecule has 5 unspecified atom stereocenters. The summed E-state index contributed by atoms with van der Waals surface area (Å²) in [6.45, 7) is 4.82. The number of esters is 4. The molecule has 3 N–H and O–H groups in total. The van der Waals surface area contributed by atoms with Gasteiger partial charge < -0.3 is 33.8 Å². The topological polar surface area (TPSA) is 237 Å². The lowest BCUT2D eigenvalue weighted by Gasteiger charge is -2.21. The minimum absolute atomic E-state index is 0.101. The van der Waals surface area contributed by atoms with E-state index in [1.165, 1.54) is 141 Å². The van der Waals surface area contributed by atoms with Crippen LogP contribution in [0.4, 0.5) is 0 Å². The van der Waals surface area contributed by atoms with Crippen molar-refractivity contribution >= 4 is 39.5 Å². The fraction of sp³-hybridized carbons (Fsp3) is 0.848. The third kappa shape index (κ3) is 71.4. The minimum atomic E-state index is -4.97. The zero-order valence-corrected chi connectivity index (χ0v) is 64.5. The van der Waals surface area contributed by atoms with E-state index in [9.17, 15) is 43.2 Å². The first kappa shape index (κ1) is 95.0. The Kier molecular flexibility index (Phi) is 70.2. The second-order valence-corrected chi connectivity index (χ2v) is 29.9. The lowest BCUT2D eigenvalue weighted by molar-refractivity contribution is -0.161. The Morgan fingerprint density at radius 3 is 0.837 bits per heavy atom. The molecule has 0 saturated heterocycles. The maximum absolute atomic E-state index is 13.1. The van der Waals surface area contributed by atoms with E-state index in [-0.39, 0.29) is 25.7 Å². The van der Waals surface area contributed by atoms with Crippen LogP contribution in [-0.4, -0.2) is 96.7 Å². The standard InChI is InChI=1S/C79H146O17P2/c1-5-9-13-17-21-25-29-33-35-36-38-41-44-48-52-56-60-64-77(82)90-70-75(96-79(84)66-62-58-54-50-46-42-37-34-30-26-22-18-14-10-6-2)72-94-98(87,88)92-68-73(80)67-91-97(85,86)93-71-74(95-78(83)65-61-57-53-49-45-40-32-28-24-20-16-12-8-4)69-89-76(81)63-59-55-51-47-43-39-31-27-23-19-15-11-7-3/h9,13,21,25,27,31,33,35,73-75,80H,5-8,10-12,14-20,22-24,26,28-30,32,34,36-72H2,1-4H3,(H,85,86)(H,87,88)/b13-9-,25-21-,31-27-,35-33-. The van der Waals surface area contributed by atoms with E-state index in [0.717, 1.165) is 154 Å². The number of phosphoric ester groups is 2. The largest absolute Gasteiger partial charge is 0.472 e. The Labute approximate surface area is 597 Å². The monoisotopic (exact) mass is 1430 g/mol.